The number of benzene rings is 1. The Bertz CT molecular complexity index is 1400. The maximum Gasteiger partial charge on any atom is 0.306 e. The first kappa shape index (κ1) is 31.3. The summed E-state index contributed by atoms with van der Waals surface area (Å²) >= 11 is 0. The number of nitrogens with zero attached hydrogens (tertiary/aromatic N) is 1. The highest BCUT2D eigenvalue weighted by atomic mass is 32.2. The maximum absolute atomic E-state index is 13.4. The van der Waals surface area contributed by atoms with Gasteiger partial charge in [-0.3, -0.25) is 9.59 Å². The molecule has 9 heteroatoms. The molecule has 0 unspecified atom stereocenters. The van der Waals surface area contributed by atoms with Crippen LogP contribution in [0.3, 0.4) is 0 Å². The van der Waals surface area contributed by atoms with Crippen LogP contribution in [0.15, 0.2) is 29.2 Å². The van der Waals surface area contributed by atoms with Crippen LogP contribution in [0.1, 0.15) is 108 Å². The van der Waals surface area contributed by atoms with Gasteiger partial charge in [0.25, 0.3) is 5.91 Å². The van der Waals surface area contributed by atoms with Gasteiger partial charge in [0, 0.05) is 29.5 Å². The molecule has 41 heavy (non-hydrogen) atoms. The zero-order valence-corrected chi connectivity index (χ0v) is 26.5. The van der Waals surface area contributed by atoms with Gasteiger partial charge in [0.1, 0.15) is 0 Å². The summed E-state index contributed by atoms with van der Waals surface area (Å²) in [5.41, 5.74) is 2.88. The van der Waals surface area contributed by atoms with Gasteiger partial charge in [-0.1, -0.05) is 46.1 Å². The second-order valence-corrected chi connectivity index (χ2v) is 15.8. The third kappa shape index (κ3) is 7.23. The van der Waals surface area contributed by atoms with E-state index in [0.717, 1.165) is 41.9 Å². The molecule has 4 rings (SSSR count). The van der Waals surface area contributed by atoms with Crippen LogP contribution in [0.4, 0.5) is 0 Å². The van der Waals surface area contributed by atoms with Gasteiger partial charge >= 0.3 is 5.97 Å². The molecule has 1 aromatic carbocycles. The van der Waals surface area contributed by atoms with Gasteiger partial charge in [-0.2, -0.15) is 0 Å². The monoisotopic (exact) mass is 585 g/mol. The van der Waals surface area contributed by atoms with E-state index in [9.17, 15) is 23.1 Å². The fourth-order valence-corrected chi connectivity index (χ4v) is 7.96. The Hall–Kier alpha value is -2.65. The lowest BCUT2D eigenvalue weighted by molar-refractivity contribution is -0.145. The Balaban J connectivity index is 1.76. The van der Waals surface area contributed by atoms with E-state index in [4.69, 9.17) is 0 Å². The number of sulfonamides is 1. The molecule has 226 valence electrons. The summed E-state index contributed by atoms with van der Waals surface area (Å²) in [7, 11) is -3.76. The molecule has 0 radical (unpaired) electrons. The fourth-order valence-electron chi connectivity index (χ4n) is 6.15. The quantitative estimate of drug-likeness (QED) is 0.351. The van der Waals surface area contributed by atoms with Crippen molar-refractivity contribution in [2.24, 2.45) is 11.8 Å². The topological polar surface area (TPSA) is 118 Å². The summed E-state index contributed by atoms with van der Waals surface area (Å²) in [5, 5.41) is 12.3. The van der Waals surface area contributed by atoms with Crippen LogP contribution in [-0.2, 0) is 26.8 Å². The third-order valence-corrected chi connectivity index (χ3v) is 10.2. The SMILES string of the molecule is Cc1c(C(=O)NC2CC(C(=O)O)C2)cc(-c2ccc(S(=O)(=O)NC(C)(C)C)c(C(C)(C)C)c2)n1CC1CCCCC1. The Labute approximate surface area is 245 Å². The number of carboxylic acids is 1. The highest BCUT2D eigenvalue weighted by Crippen LogP contribution is 2.37. The van der Waals surface area contributed by atoms with Gasteiger partial charge in [-0.15, -0.1) is 0 Å². The van der Waals surface area contributed by atoms with Crippen LogP contribution in [0, 0.1) is 18.8 Å². The second-order valence-electron chi connectivity index (χ2n) is 14.1. The van der Waals surface area contributed by atoms with E-state index >= 15 is 0 Å². The molecule has 0 spiro atoms. The highest BCUT2D eigenvalue weighted by Gasteiger charge is 2.36. The standard InChI is InChI=1S/C32H47N3O5S/c1-20-25(29(36)33-24-15-23(16-24)30(37)38)18-27(35(20)19-21-11-9-8-10-12-21)22-13-14-28(26(17-22)31(2,3)4)41(39,40)34-32(5,6)7/h13-14,17-18,21,23-24,34H,8-12,15-16,19H2,1-7H3,(H,33,36)(H,37,38). The average molecular weight is 586 g/mol. The first-order chi connectivity index (χ1) is 19.0. The van der Waals surface area contributed by atoms with Crippen molar-refractivity contribution in [2.75, 3.05) is 0 Å². The lowest BCUT2D eigenvalue weighted by Crippen LogP contribution is -2.46. The molecule has 2 saturated carbocycles. The van der Waals surface area contributed by atoms with Crippen LogP contribution >= 0.6 is 0 Å². The minimum atomic E-state index is -3.76. The molecule has 1 heterocycles. The largest absolute Gasteiger partial charge is 0.481 e. The molecule has 2 fully saturated rings. The van der Waals surface area contributed by atoms with Gasteiger partial charge in [0.2, 0.25) is 10.0 Å². The molecular formula is C32H47N3O5S. The number of amides is 1. The highest BCUT2D eigenvalue weighted by molar-refractivity contribution is 7.89. The lowest BCUT2D eigenvalue weighted by atomic mass is 9.80. The van der Waals surface area contributed by atoms with Crippen molar-refractivity contribution in [2.45, 2.75) is 122 Å². The summed E-state index contributed by atoms with van der Waals surface area (Å²) in [6, 6.07) is 7.29. The number of aliphatic carboxylic acids is 1. The fraction of sp³-hybridized carbons (Fsp3) is 0.625. The zero-order valence-electron chi connectivity index (χ0n) is 25.6. The van der Waals surface area contributed by atoms with Crippen LogP contribution in [-0.4, -0.2) is 41.5 Å². The van der Waals surface area contributed by atoms with Crippen molar-refractivity contribution in [3.8, 4) is 11.3 Å². The number of carboxylic acid groups (broad SMARTS) is 1. The number of rotatable bonds is 8. The molecule has 8 nitrogen and oxygen atoms in total. The number of hydrogen-bond donors (Lipinski definition) is 3. The molecule has 1 amide bonds. The normalized spacial score (nSPS) is 20.5. The number of hydrogen-bond acceptors (Lipinski definition) is 4. The number of carbonyl (C=O) groups is 2. The maximum atomic E-state index is 13.4. The average Bonchev–Trinajstić information content (AvgIpc) is 3.15. The first-order valence-corrected chi connectivity index (χ1v) is 16.4. The summed E-state index contributed by atoms with van der Waals surface area (Å²) < 4.78 is 31.9. The Morgan fingerprint density at radius 3 is 2.20 bits per heavy atom. The predicted octanol–water partition coefficient (Wildman–Crippen LogP) is 6.01. The summed E-state index contributed by atoms with van der Waals surface area (Å²) in [4.78, 5) is 24.9. The Kier molecular flexibility index (Phi) is 8.82. The zero-order chi connectivity index (χ0) is 30.3. The van der Waals surface area contributed by atoms with Gasteiger partial charge < -0.3 is 15.0 Å². The molecule has 3 N–H and O–H groups in total. The molecule has 1 aromatic heterocycles. The van der Waals surface area contributed by atoms with Crippen LogP contribution in [0.25, 0.3) is 11.3 Å². The molecular weight excluding hydrogens is 538 g/mol. The summed E-state index contributed by atoms with van der Waals surface area (Å²) in [5.74, 6) is -0.883. The molecule has 0 aliphatic heterocycles. The van der Waals surface area contributed by atoms with Crippen LogP contribution in [0.5, 0.6) is 0 Å². The van der Waals surface area contributed by atoms with E-state index in [2.05, 4.69) is 14.6 Å². The minimum Gasteiger partial charge on any atom is -0.481 e. The summed E-state index contributed by atoms with van der Waals surface area (Å²) in [6.45, 7) is 14.3. The number of carbonyl (C=O) groups excluding carboxylic acids is 1. The van der Waals surface area contributed by atoms with E-state index in [-0.39, 0.29) is 16.8 Å². The van der Waals surface area contributed by atoms with E-state index < -0.39 is 32.9 Å². The molecule has 0 saturated heterocycles. The van der Waals surface area contributed by atoms with Crippen LogP contribution < -0.4 is 10.0 Å². The molecule has 2 aromatic rings. The second kappa shape index (κ2) is 11.6. The molecule has 0 bridgehead atoms. The minimum absolute atomic E-state index is 0.138. The van der Waals surface area contributed by atoms with Crippen molar-refractivity contribution in [1.82, 2.24) is 14.6 Å². The van der Waals surface area contributed by atoms with Gasteiger partial charge in [-0.05, 0) is 94.0 Å². The van der Waals surface area contributed by atoms with Gasteiger partial charge in [0.15, 0.2) is 0 Å². The molecule has 2 aliphatic carbocycles. The lowest BCUT2D eigenvalue weighted by Gasteiger charge is -2.32. The Morgan fingerprint density at radius 1 is 1.00 bits per heavy atom. The van der Waals surface area contributed by atoms with Crippen molar-refractivity contribution >= 4 is 21.9 Å². The smallest absolute Gasteiger partial charge is 0.306 e. The van der Waals surface area contributed by atoms with E-state index in [1.54, 1.807) is 6.07 Å². The van der Waals surface area contributed by atoms with E-state index in [0.29, 0.717) is 24.3 Å². The van der Waals surface area contributed by atoms with Gasteiger partial charge in [-0.25, -0.2) is 13.1 Å². The first-order valence-electron chi connectivity index (χ1n) is 14.9. The number of nitrogens with one attached hydrogen (secondary N) is 2. The number of aromatic nitrogens is 1. The van der Waals surface area contributed by atoms with E-state index in [1.165, 1.54) is 19.3 Å². The van der Waals surface area contributed by atoms with Gasteiger partial charge in [0.05, 0.1) is 16.4 Å². The predicted molar refractivity (Wildman–Crippen MR) is 162 cm³/mol. The van der Waals surface area contributed by atoms with E-state index in [1.807, 2.05) is 66.7 Å². The van der Waals surface area contributed by atoms with Crippen molar-refractivity contribution in [3.05, 3.63) is 41.1 Å². The molecule has 2 aliphatic rings. The van der Waals surface area contributed by atoms with Crippen molar-refractivity contribution in [3.63, 3.8) is 0 Å². The third-order valence-electron chi connectivity index (χ3n) is 8.41. The van der Waals surface area contributed by atoms with Crippen molar-refractivity contribution in [1.29, 1.82) is 0 Å². The molecule has 0 atom stereocenters. The summed E-state index contributed by atoms with van der Waals surface area (Å²) in [6.07, 6.45) is 6.88. The van der Waals surface area contributed by atoms with Crippen molar-refractivity contribution < 1.29 is 23.1 Å². The van der Waals surface area contributed by atoms with Crippen LogP contribution in [0.2, 0.25) is 0 Å². The Morgan fingerprint density at radius 2 is 1.63 bits per heavy atom.